The first-order valence-electron chi connectivity index (χ1n) is 7.57. The molecule has 1 aromatic rings. The summed E-state index contributed by atoms with van der Waals surface area (Å²) in [5.41, 5.74) is 8.27. The summed E-state index contributed by atoms with van der Waals surface area (Å²) in [6, 6.07) is 5.70. The summed E-state index contributed by atoms with van der Waals surface area (Å²) < 4.78 is 0. The SMILES string of the molecule is Cc1cc(C(N)=O)ccc1CN(C)CCN1CCNCC1. The molecule has 5 heteroatoms. The predicted molar refractivity (Wildman–Crippen MR) is 85.3 cm³/mol. The van der Waals surface area contributed by atoms with Gasteiger partial charge in [-0.25, -0.2) is 0 Å². The molecule has 116 valence electrons. The minimum Gasteiger partial charge on any atom is -0.366 e. The lowest BCUT2D eigenvalue weighted by Crippen LogP contribution is -2.45. The number of hydrogen-bond acceptors (Lipinski definition) is 4. The first kappa shape index (κ1) is 15.9. The van der Waals surface area contributed by atoms with E-state index in [1.54, 1.807) is 0 Å². The maximum atomic E-state index is 11.2. The van der Waals surface area contributed by atoms with Crippen LogP contribution in [0.4, 0.5) is 0 Å². The van der Waals surface area contributed by atoms with E-state index < -0.39 is 0 Å². The van der Waals surface area contributed by atoms with E-state index in [1.165, 1.54) is 5.56 Å². The van der Waals surface area contributed by atoms with Crippen LogP contribution in [0, 0.1) is 6.92 Å². The Balaban J connectivity index is 1.84. The molecule has 1 amide bonds. The third kappa shape index (κ3) is 4.81. The zero-order valence-corrected chi connectivity index (χ0v) is 13.1. The molecule has 0 aliphatic carbocycles. The van der Waals surface area contributed by atoms with Crippen LogP contribution in [0.5, 0.6) is 0 Å². The Morgan fingerprint density at radius 1 is 1.38 bits per heavy atom. The molecular weight excluding hydrogens is 264 g/mol. The van der Waals surface area contributed by atoms with E-state index in [0.717, 1.165) is 51.4 Å². The molecule has 1 fully saturated rings. The summed E-state index contributed by atoms with van der Waals surface area (Å²) in [7, 11) is 2.14. The van der Waals surface area contributed by atoms with Gasteiger partial charge in [-0.1, -0.05) is 6.07 Å². The number of carbonyl (C=O) groups is 1. The summed E-state index contributed by atoms with van der Waals surface area (Å²) in [5.74, 6) is -0.364. The van der Waals surface area contributed by atoms with Gasteiger partial charge in [0.15, 0.2) is 0 Å². The maximum absolute atomic E-state index is 11.2. The Morgan fingerprint density at radius 3 is 2.71 bits per heavy atom. The normalized spacial score (nSPS) is 16.3. The zero-order valence-electron chi connectivity index (χ0n) is 13.1. The van der Waals surface area contributed by atoms with Crippen LogP contribution in [0.15, 0.2) is 18.2 Å². The number of likely N-dealkylation sites (N-methyl/N-ethyl adjacent to an activating group) is 1. The number of nitrogens with two attached hydrogens (primary N) is 1. The summed E-state index contributed by atoms with van der Waals surface area (Å²) in [4.78, 5) is 16.0. The molecule has 0 bridgehead atoms. The number of aryl methyl sites for hydroxylation is 1. The first-order chi connectivity index (χ1) is 10.1. The van der Waals surface area contributed by atoms with E-state index in [9.17, 15) is 4.79 Å². The number of rotatable bonds is 6. The van der Waals surface area contributed by atoms with Crippen LogP contribution in [-0.4, -0.2) is 62.0 Å². The van der Waals surface area contributed by atoms with Crippen LogP contribution in [0.1, 0.15) is 21.5 Å². The molecule has 1 aliphatic heterocycles. The van der Waals surface area contributed by atoms with Gasteiger partial charge in [0.1, 0.15) is 0 Å². The second-order valence-corrected chi connectivity index (χ2v) is 5.83. The molecule has 1 heterocycles. The van der Waals surface area contributed by atoms with Crippen molar-refractivity contribution in [2.45, 2.75) is 13.5 Å². The third-order valence-electron chi connectivity index (χ3n) is 4.07. The van der Waals surface area contributed by atoms with E-state index in [0.29, 0.717) is 5.56 Å². The molecule has 1 aromatic carbocycles. The van der Waals surface area contributed by atoms with Crippen LogP contribution >= 0.6 is 0 Å². The number of hydrogen-bond donors (Lipinski definition) is 2. The molecule has 1 aliphatic rings. The van der Waals surface area contributed by atoms with Crippen molar-refractivity contribution >= 4 is 5.91 Å². The van der Waals surface area contributed by atoms with Gasteiger partial charge < -0.3 is 16.0 Å². The fourth-order valence-electron chi connectivity index (χ4n) is 2.64. The van der Waals surface area contributed by atoms with E-state index in [-0.39, 0.29) is 5.91 Å². The van der Waals surface area contributed by atoms with Crippen LogP contribution in [0.3, 0.4) is 0 Å². The Kier molecular flexibility index (Phi) is 5.73. The van der Waals surface area contributed by atoms with Gasteiger partial charge in [-0.2, -0.15) is 0 Å². The fraction of sp³-hybridized carbons (Fsp3) is 0.562. The standard InChI is InChI=1S/C16H26N4O/c1-13-11-14(16(17)21)3-4-15(13)12-19(2)9-10-20-7-5-18-6-8-20/h3-4,11,18H,5-10,12H2,1-2H3,(H2,17,21). The van der Waals surface area contributed by atoms with Gasteiger partial charge in [0.2, 0.25) is 5.91 Å². The molecule has 0 radical (unpaired) electrons. The smallest absolute Gasteiger partial charge is 0.248 e. The van der Waals surface area contributed by atoms with Crippen molar-refractivity contribution in [3.05, 3.63) is 34.9 Å². The predicted octanol–water partition coefficient (Wildman–Crippen LogP) is 0.431. The molecule has 0 unspecified atom stereocenters. The Morgan fingerprint density at radius 2 is 2.10 bits per heavy atom. The van der Waals surface area contributed by atoms with Gasteiger partial charge in [-0.15, -0.1) is 0 Å². The van der Waals surface area contributed by atoms with Crippen molar-refractivity contribution in [2.24, 2.45) is 5.73 Å². The Bertz CT molecular complexity index is 483. The van der Waals surface area contributed by atoms with Crippen molar-refractivity contribution in [2.75, 3.05) is 46.3 Å². The van der Waals surface area contributed by atoms with E-state index in [1.807, 2.05) is 25.1 Å². The number of primary amides is 1. The van der Waals surface area contributed by atoms with Crippen molar-refractivity contribution in [1.82, 2.24) is 15.1 Å². The topological polar surface area (TPSA) is 61.6 Å². The second-order valence-electron chi connectivity index (χ2n) is 5.83. The lowest BCUT2D eigenvalue weighted by atomic mass is 10.0. The molecule has 1 saturated heterocycles. The number of nitrogens with one attached hydrogen (secondary N) is 1. The van der Waals surface area contributed by atoms with Gasteiger partial charge in [0, 0.05) is 51.4 Å². The van der Waals surface area contributed by atoms with Crippen molar-refractivity contribution in [3.8, 4) is 0 Å². The van der Waals surface area contributed by atoms with Gasteiger partial charge in [-0.05, 0) is 37.2 Å². The number of nitrogens with zero attached hydrogens (tertiary/aromatic N) is 2. The fourth-order valence-corrected chi connectivity index (χ4v) is 2.64. The molecule has 0 atom stereocenters. The van der Waals surface area contributed by atoms with Crippen LogP contribution < -0.4 is 11.1 Å². The maximum Gasteiger partial charge on any atom is 0.248 e. The summed E-state index contributed by atoms with van der Waals surface area (Å²) in [6.07, 6.45) is 0. The number of amides is 1. The van der Waals surface area contributed by atoms with E-state index in [4.69, 9.17) is 5.73 Å². The van der Waals surface area contributed by atoms with Crippen LogP contribution in [0.25, 0.3) is 0 Å². The molecule has 5 nitrogen and oxygen atoms in total. The molecule has 0 spiro atoms. The van der Waals surface area contributed by atoms with Gasteiger partial charge in [0.05, 0.1) is 0 Å². The molecule has 2 rings (SSSR count). The zero-order chi connectivity index (χ0) is 15.2. The molecule has 0 saturated carbocycles. The van der Waals surface area contributed by atoms with Gasteiger partial charge in [0.25, 0.3) is 0 Å². The highest BCUT2D eigenvalue weighted by Crippen LogP contribution is 2.13. The summed E-state index contributed by atoms with van der Waals surface area (Å²) in [5, 5.41) is 3.37. The molecule has 21 heavy (non-hydrogen) atoms. The van der Waals surface area contributed by atoms with Crippen LogP contribution in [0.2, 0.25) is 0 Å². The average molecular weight is 290 g/mol. The lowest BCUT2D eigenvalue weighted by molar-refractivity contribution is 0.1000. The molecular formula is C16H26N4O. The molecule has 0 aromatic heterocycles. The van der Waals surface area contributed by atoms with E-state index in [2.05, 4.69) is 22.2 Å². The highest BCUT2D eigenvalue weighted by Gasteiger charge is 2.11. The monoisotopic (exact) mass is 290 g/mol. The second kappa shape index (κ2) is 7.54. The highest BCUT2D eigenvalue weighted by molar-refractivity contribution is 5.93. The van der Waals surface area contributed by atoms with Crippen molar-refractivity contribution < 1.29 is 4.79 Å². The lowest BCUT2D eigenvalue weighted by Gasteiger charge is -2.29. The van der Waals surface area contributed by atoms with Crippen LogP contribution in [-0.2, 0) is 6.54 Å². The van der Waals surface area contributed by atoms with Crippen molar-refractivity contribution in [1.29, 1.82) is 0 Å². The Labute approximate surface area is 127 Å². The Hall–Kier alpha value is -1.43. The van der Waals surface area contributed by atoms with Crippen molar-refractivity contribution in [3.63, 3.8) is 0 Å². The minimum atomic E-state index is -0.364. The highest BCUT2D eigenvalue weighted by atomic mass is 16.1. The average Bonchev–Trinajstić information content (AvgIpc) is 2.48. The largest absolute Gasteiger partial charge is 0.366 e. The third-order valence-corrected chi connectivity index (χ3v) is 4.07. The summed E-state index contributed by atoms with van der Waals surface area (Å²) >= 11 is 0. The number of benzene rings is 1. The molecule has 3 N–H and O–H groups in total. The van der Waals surface area contributed by atoms with Gasteiger partial charge >= 0.3 is 0 Å². The van der Waals surface area contributed by atoms with Gasteiger partial charge in [-0.3, -0.25) is 9.69 Å². The number of carbonyl (C=O) groups excluding carboxylic acids is 1. The summed E-state index contributed by atoms with van der Waals surface area (Å²) in [6.45, 7) is 9.56. The quantitative estimate of drug-likeness (QED) is 0.798. The number of piperazine rings is 1. The first-order valence-corrected chi connectivity index (χ1v) is 7.57. The van der Waals surface area contributed by atoms with E-state index >= 15 is 0 Å². The minimum absolute atomic E-state index is 0.364.